The van der Waals surface area contributed by atoms with Crippen LogP contribution in [0.25, 0.3) is 0 Å². The summed E-state index contributed by atoms with van der Waals surface area (Å²) in [6.07, 6.45) is 4.69. The SMILES string of the molecule is CCC1(C(=O)O)CCCN(C2CCOCC2)C1. The molecular weight excluding hydrogens is 218 g/mol. The Balaban J connectivity index is 2.02. The van der Waals surface area contributed by atoms with Gasteiger partial charge in [0.2, 0.25) is 0 Å². The van der Waals surface area contributed by atoms with E-state index in [0.717, 1.165) is 58.4 Å². The van der Waals surface area contributed by atoms with Gasteiger partial charge in [-0.15, -0.1) is 0 Å². The molecule has 2 aliphatic heterocycles. The van der Waals surface area contributed by atoms with Crippen molar-refractivity contribution in [1.82, 2.24) is 4.90 Å². The summed E-state index contributed by atoms with van der Waals surface area (Å²) < 4.78 is 5.37. The van der Waals surface area contributed by atoms with Gasteiger partial charge in [-0.05, 0) is 38.6 Å². The lowest BCUT2D eigenvalue weighted by molar-refractivity contribution is -0.154. The summed E-state index contributed by atoms with van der Waals surface area (Å²) >= 11 is 0. The fourth-order valence-corrected chi connectivity index (χ4v) is 3.14. The third kappa shape index (κ3) is 2.63. The normalized spacial score (nSPS) is 32.5. The highest BCUT2D eigenvalue weighted by Gasteiger charge is 2.42. The standard InChI is InChI=1S/C13H23NO3/c1-2-13(12(15)16)6-3-7-14(10-13)11-4-8-17-9-5-11/h11H,2-10H2,1H3,(H,15,16). The average molecular weight is 241 g/mol. The molecule has 0 amide bonds. The second kappa shape index (κ2) is 5.36. The Labute approximate surface area is 103 Å². The third-order valence-electron chi connectivity index (χ3n) is 4.44. The van der Waals surface area contributed by atoms with Crippen LogP contribution in [0, 0.1) is 5.41 Å². The molecule has 2 aliphatic rings. The Morgan fingerprint density at radius 1 is 1.47 bits per heavy atom. The fourth-order valence-electron chi connectivity index (χ4n) is 3.14. The lowest BCUT2D eigenvalue weighted by Crippen LogP contribution is -2.52. The number of rotatable bonds is 3. The molecule has 0 spiro atoms. The molecule has 0 aromatic heterocycles. The van der Waals surface area contributed by atoms with Gasteiger partial charge in [-0.2, -0.15) is 0 Å². The van der Waals surface area contributed by atoms with Crippen molar-refractivity contribution in [2.24, 2.45) is 5.41 Å². The van der Waals surface area contributed by atoms with Crippen LogP contribution in [0.1, 0.15) is 39.0 Å². The van der Waals surface area contributed by atoms with Crippen LogP contribution in [0.2, 0.25) is 0 Å². The summed E-state index contributed by atoms with van der Waals surface area (Å²) in [6, 6.07) is 0.536. The van der Waals surface area contributed by atoms with Crippen molar-refractivity contribution in [3.05, 3.63) is 0 Å². The van der Waals surface area contributed by atoms with E-state index in [2.05, 4.69) is 4.90 Å². The van der Waals surface area contributed by atoms with Gasteiger partial charge >= 0.3 is 5.97 Å². The molecule has 98 valence electrons. The molecule has 2 saturated heterocycles. The molecule has 1 atom stereocenters. The van der Waals surface area contributed by atoms with Crippen LogP contribution in [0.5, 0.6) is 0 Å². The van der Waals surface area contributed by atoms with Gasteiger partial charge in [0, 0.05) is 25.8 Å². The van der Waals surface area contributed by atoms with Gasteiger partial charge < -0.3 is 9.84 Å². The fraction of sp³-hybridized carbons (Fsp3) is 0.923. The molecule has 2 rings (SSSR count). The maximum atomic E-state index is 11.5. The van der Waals surface area contributed by atoms with Crippen molar-refractivity contribution in [1.29, 1.82) is 0 Å². The Hall–Kier alpha value is -0.610. The quantitative estimate of drug-likeness (QED) is 0.817. The summed E-state index contributed by atoms with van der Waals surface area (Å²) in [5.41, 5.74) is -0.503. The topological polar surface area (TPSA) is 49.8 Å². The lowest BCUT2D eigenvalue weighted by atomic mass is 9.77. The minimum absolute atomic E-state index is 0.503. The Morgan fingerprint density at radius 2 is 2.18 bits per heavy atom. The van der Waals surface area contributed by atoms with Crippen molar-refractivity contribution in [3.8, 4) is 0 Å². The van der Waals surface area contributed by atoms with E-state index in [-0.39, 0.29) is 0 Å². The van der Waals surface area contributed by atoms with Crippen LogP contribution in [0.15, 0.2) is 0 Å². The van der Waals surface area contributed by atoms with Crippen molar-refractivity contribution < 1.29 is 14.6 Å². The average Bonchev–Trinajstić information content (AvgIpc) is 2.39. The van der Waals surface area contributed by atoms with E-state index in [4.69, 9.17) is 4.74 Å². The highest BCUT2D eigenvalue weighted by Crippen LogP contribution is 2.35. The highest BCUT2D eigenvalue weighted by molar-refractivity contribution is 5.75. The molecule has 4 nitrogen and oxygen atoms in total. The Bertz CT molecular complexity index is 276. The molecule has 0 aromatic rings. The van der Waals surface area contributed by atoms with E-state index in [1.807, 2.05) is 6.92 Å². The van der Waals surface area contributed by atoms with Crippen LogP contribution in [-0.4, -0.2) is 48.3 Å². The zero-order chi connectivity index (χ0) is 12.3. The largest absolute Gasteiger partial charge is 0.481 e. The number of likely N-dealkylation sites (tertiary alicyclic amines) is 1. The predicted octanol–water partition coefficient (Wildman–Crippen LogP) is 1.74. The van der Waals surface area contributed by atoms with E-state index in [9.17, 15) is 9.90 Å². The molecule has 2 heterocycles. The molecule has 4 heteroatoms. The maximum absolute atomic E-state index is 11.5. The van der Waals surface area contributed by atoms with Gasteiger partial charge in [-0.25, -0.2) is 0 Å². The van der Waals surface area contributed by atoms with E-state index >= 15 is 0 Å². The number of ether oxygens (including phenoxy) is 1. The molecule has 2 fully saturated rings. The van der Waals surface area contributed by atoms with Crippen LogP contribution in [-0.2, 0) is 9.53 Å². The van der Waals surface area contributed by atoms with E-state index in [1.54, 1.807) is 0 Å². The van der Waals surface area contributed by atoms with Crippen molar-refractivity contribution in [2.45, 2.75) is 45.1 Å². The molecule has 0 aliphatic carbocycles. The third-order valence-corrected chi connectivity index (χ3v) is 4.44. The molecule has 0 aromatic carbocycles. The number of carbonyl (C=O) groups is 1. The molecule has 0 saturated carbocycles. The minimum atomic E-state index is -0.614. The number of carboxylic acid groups (broad SMARTS) is 1. The first-order valence-electron chi connectivity index (χ1n) is 6.73. The second-order valence-corrected chi connectivity index (χ2v) is 5.36. The van der Waals surface area contributed by atoms with Crippen LogP contribution in [0.4, 0.5) is 0 Å². The minimum Gasteiger partial charge on any atom is -0.481 e. The number of nitrogens with zero attached hydrogens (tertiary/aromatic N) is 1. The molecule has 1 N–H and O–H groups in total. The van der Waals surface area contributed by atoms with E-state index in [0.29, 0.717) is 6.04 Å². The van der Waals surface area contributed by atoms with Crippen LogP contribution < -0.4 is 0 Å². The summed E-state index contributed by atoms with van der Waals surface area (Å²) in [6.45, 7) is 5.44. The molecular formula is C13H23NO3. The Kier molecular flexibility index (Phi) is 4.05. The van der Waals surface area contributed by atoms with E-state index in [1.165, 1.54) is 0 Å². The zero-order valence-corrected chi connectivity index (χ0v) is 10.7. The summed E-state index contributed by atoms with van der Waals surface area (Å²) in [4.78, 5) is 13.9. The predicted molar refractivity (Wildman–Crippen MR) is 65.0 cm³/mol. The van der Waals surface area contributed by atoms with Crippen LogP contribution in [0.3, 0.4) is 0 Å². The number of aliphatic carboxylic acids is 1. The van der Waals surface area contributed by atoms with Crippen molar-refractivity contribution >= 4 is 5.97 Å². The highest BCUT2D eigenvalue weighted by atomic mass is 16.5. The maximum Gasteiger partial charge on any atom is 0.310 e. The van der Waals surface area contributed by atoms with Crippen molar-refractivity contribution in [3.63, 3.8) is 0 Å². The van der Waals surface area contributed by atoms with Gasteiger partial charge in [0.15, 0.2) is 0 Å². The number of hydrogen-bond acceptors (Lipinski definition) is 3. The van der Waals surface area contributed by atoms with E-state index < -0.39 is 11.4 Å². The van der Waals surface area contributed by atoms with Gasteiger partial charge in [0.1, 0.15) is 0 Å². The van der Waals surface area contributed by atoms with Crippen molar-refractivity contribution in [2.75, 3.05) is 26.3 Å². The Morgan fingerprint density at radius 3 is 2.76 bits per heavy atom. The smallest absolute Gasteiger partial charge is 0.310 e. The van der Waals surface area contributed by atoms with Gasteiger partial charge in [-0.1, -0.05) is 6.92 Å². The first-order valence-corrected chi connectivity index (χ1v) is 6.73. The van der Waals surface area contributed by atoms with Gasteiger partial charge in [0.05, 0.1) is 5.41 Å². The second-order valence-electron chi connectivity index (χ2n) is 5.36. The molecule has 0 radical (unpaired) electrons. The summed E-state index contributed by atoms with van der Waals surface area (Å²) in [5.74, 6) is -0.614. The monoisotopic (exact) mass is 241 g/mol. The molecule has 17 heavy (non-hydrogen) atoms. The van der Waals surface area contributed by atoms with Gasteiger partial charge in [-0.3, -0.25) is 9.69 Å². The first-order chi connectivity index (χ1) is 8.18. The van der Waals surface area contributed by atoms with Gasteiger partial charge in [0.25, 0.3) is 0 Å². The summed E-state index contributed by atoms with van der Waals surface area (Å²) in [7, 11) is 0. The first kappa shape index (κ1) is 12.8. The number of carboxylic acids is 1. The number of hydrogen-bond donors (Lipinski definition) is 1. The van der Waals surface area contributed by atoms with Crippen LogP contribution >= 0.6 is 0 Å². The summed E-state index contributed by atoms with van der Waals surface area (Å²) in [5, 5.41) is 9.45. The zero-order valence-electron chi connectivity index (χ0n) is 10.7. The molecule has 1 unspecified atom stereocenters. The lowest BCUT2D eigenvalue weighted by Gasteiger charge is -2.44. The number of piperidine rings is 1. The molecule has 0 bridgehead atoms.